The van der Waals surface area contributed by atoms with E-state index >= 15 is 0 Å². The van der Waals surface area contributed by atoms with Crippen molar-refractivity contribution in [3.05, 3.63) is 59.7 Å². The molecule has 0 saturated heterocycles. The van der Waals surface area contributed by atoms with Crippen LogP contribution < -0.4 is 5.73 Å². The van der Waals surface area contributed by atoms with Gasteiger partial charge in [0, 0.05) is 5.56 Å². The molecule has 90 valence electrons. The topological polar surface area (TPSA) is 80.4 Å². The molecule has 4 heteroatoms. The Bertz CT molecular complexity index is 573. The van der Waals surface area contributed by atoms with Gasteiger partial charge in [0.15, 0.2) is 0 Å². The van der Waals surface area contributed by atoms with E-state index in [0.717, 1.165) is 5.56 Å². The quantitative estimate of drug-likeness (QED) is 0.863. The van der Waals surface area contributed by atoms with E-state index in [-0.39, 0.29) is 11.1 Å². The van der Waals surface area contributed by atoms with Gasteiger partial charge in [0.25, 0.3) is 0 Å². The van der Waals surface area contributed by atoms with Crippen molar-refractivity contribution >= 4 is 11.9 Å². The fourth-order valence-electron chi connectivity index (χ4n) is 1.69. The van der Waals surface area contributed by atoms with Crippen molar-refractivity contribution in [1.29, 1.82) is 0 Å². The molecule has 4 nitrogen and oxygen atoms in total. The van der Waals surface area contributed by atoms with Crippen LogP contribution in [0.5, 0.6) is 0 Å². The van der Waals surface area contributed by atoms with E-state index in [0.29, 0.717) is 5.56 Å². The number of hydrogen-bond acceptors (Lipinski definition) is 2. The minimum atomic E-state index is -1.09. The van der Waals surface area contributed by atoms with Gasteiger partial charge in [-0.3, -0.25) is 4.79 Å². The van der Waals surface area contributed by atoms with Crippen molar-refractivity contribution in [1.82, 2.24) is 0 Å². The highest BCUT2D eigenvalue weighted by atomic mass is 16.4. The van der Waals surface area contributed by atoms with E-state index in [1.807, 2.05) is 30.3 Å². The lowest BCUT2D eigenvalue weighted by Crippen LogP contribution is -2.12. The monoisotopic (exact) mass is 241 g/mol. The Balaban J connectivity index is 2.61. The predicted octanol–water partition coefficient (Wildman–Crippen LogP) is 2.15. The molecule has 2 rings (SSSR count). The van der Waals surface area contributed by atoms with Gasteiger partial charge in [0.1, 0.15) is 0 Å². The Morgan fingerprint density at radius 1 is 0.889 bits per heavy atom. The third-order valence-electron chi connectivity index (χ3n) is 2.57. The summed E-state index contributed by atoms with van der Waals surface area (Å²) in [5, 5.41) is 9.01. The summed E-state index contributed by atoms with van der Waals surface area (Å²) < 4.78 is 0. The van der Waals surface area contributed by atoms with Gasteiger partial charge in [-0.2, -0.15) is 0 Å². The average molecular weight is 241 g/mol. The molecule has 0 aliphatic rings. The number of aromatic carboxylic acids is 1. The van der Waals surface area contributed by atoms with Crippen molar-refractivity contribution < 1.29 is 14.7 Å². The lowest BCUT2D eigenvalue weighted by molar-refractivity contribution is 0.0697. The zero-order valence-electron chi connectivity index (χ0n) is 9.46. The SMILES string of the molecule is NC(=O)c1cc(C(=O)O)cc(-c2ccccc2)c1. The van der Waals surface area contributed by atoms with Gasteiger partial charge in [0.05, 0.1) is 5.56 Å². The first-order chi connectivity index (χ1) is 8.58. The van der Waals surface area contributed by atoms with Crippen LogP contribution in [-0.4, -0.2) is 17.0 Å². The number of carboxylic acids is 1. The van der Waals surface area contributed by atoms with E-state index in [4.69, 9.17) is 10.8 Å². The van der Waals surface area contributed by atoms with E-state index in [1.165, 1.54) is 12.1 Å². The van der Waals surface area contributed by atoms with Crippen molar-refractivity contribution in [3.63, 3.8) is 0 Å². The zero-order valence-corrected chi connectivity index (χ0v) is 9.46. The summed E-state index contributed by atoms with van der Waals surface area (Å²) >= 11 is 0. The fraction of sp³-hybridized carbons (Fsp3) is 0. The van der Waals surface area contributed by atoms with Crippen LogP contribution in [0.25, 0.3) is 11.1 Å². The van der Waals surface area contributed by atoms with Gasteiger partial charge >= 0.3 is 5.97 Å². The van der Waals surface area contributed by atoms with Crippen LogP contribution in [0, 0.1) is 0 Å². The number of carbonyl (C=O) groups is 2. The molecule has 0 radical (unpaired) electrons. The summed E-state index contributed by atoms with van der Waals surface area (Å²) in [4.78, 5) is 22.2. The summed E-state index contributed by atoms with van der Waals surface area (Å²) in [5.41, 5.74) is 6.93. The molecule has 3 N–H and O–H groups in total. The second-order valence-electron chi connectivity index (χ2n) is 3.83. The van der Waals surface area contributed by atoms with Gasteiger partial charge in [-0.25, -0.2) is 4.79 Å². The summed E-state index contributed by atoms with van der Waals surface area (Å²) in [6.45, 7) is 0. The second kappa shape index (κ2) is 4.71. The minimum absolute atomic E-state index is 0.0464. The molecule has 0 saturated carbocycles. The van der Waals surface area contributed by atoms with Crippen LogP contribution in [-0.2, 0) is 0 Å². The first-order valence-corrected chi connectivity index (χ1v) is 5.31. The zero-order chi connectivity index (χ0) is 13.1. The number of carboxylic acid groups (broad SMARTS) is 1. The maximum atomic E-state index is 11.2. The third-order valence-corrected chi connectivity index (χ3v) is 2.57. The fourth-order valence-corrected chi connectivity index (χ4v) is 1.69. The van der Waals surface area contributed by atoms with Crippen LogP contribution in [0.1, 0.15) is 20.7 Å². The maximum Gasteiger partial charge on any atom is 0.335 e. The molecule has 18 heavy (non-hydrogen) atoms. The number of hydrogen-bond donors (Lipinski definition) is 2. The molecule has 0 bridgehead atoms. The van der Waals surface area contributed by atoms with Crippen LogP contribution >= 0.6 is 0 Å². The molecule has 2 aromatic carbocycles. The van der Waals surface area contributed by atoms with E-state index < -0.39 is 11.9 Å². The number of amides is 1. The van der Waals surface area contributed by atoms with Gasteiger partial charge < -0.3 is 10.8 Å². The predicted molar refractivity (Wildman–Crippen MR) is 67.4 cm³/mol. The smallest absolute Gasteiger partial charge is 0.335 e. The van der Waals surface area contributed by atoms with Crippen LogP contribution in [0.4, 0.5) is 0 Å². The lowest BCUT2D eigenvalue weighted by atomic mass is 9.99. The Hall–Kier alpha value is -2.62. The molecule has 0 aromatic heterocycles. The summed E-state index contributed by atoms with van der Waals surface area (Å²) in [6, 6.07) is 13.6. The van der Waals surface area contributed by atoms with Crippen molar-refractivity contribution in [2.75, 3.05) is 0 Å². The molecule has 0 aliphatic carbocycles. The van der Waals surface area contributed by atoms with Crippen molar-refractivity contribution in [2.45, 2.75) is 0 Å². The summed E-state index contributed by atoms with van der Waals surface area (Å²) in [7, 11) is 0. The lowest BCUT2D eigenvalue weighted by Gasteiger charge is -2.06. The molecule has 0 spiro atoms. The summed E-state index contributed by atoms with van der Waals surface area (Å²) in [6.07, 6.45) is 0. The van der Waals surface area contributed by atoms with Gasteiger partial charge in [-0.1, -0.05) is 30.3 Å². The molecule has 0 atom stereocenters. The highest BCUT2D eigenvalue weighted by Gasteiger charge is 2.10. The number of primary amides is 1. The largest absolute Gasteiger partial charge is 0.478 e. The number of carbonyl (C=O) groups excluding carboxylic acids is 1. The molecule has 0 unspecified atom stereocenters. The van der Waals surface area contributed by atoms with E-state index in [9.17, 15) is 9.59 Å². The third kappa shape index (κ3) is 2.38. The molecule has 1 amide bonds. The molecule has 2 aromatic rings. The molecule has 0 fully saturated rings. The number of benzene rings is 2. The van der Waals surface area contributed by atoms with E-state index in [2.05, 4.69) is 0 Å². The van der Waals surface area contributed by atoms with Crippen LogP contribution in [0.2, 0.25) is 0 Å². The molecular weight excluding hydrogens is 230 g/mol. The summed E-state index contributed by atoms with van der Waals surface area (Å²) in [5.74, 6) is -1.73. The average Bonchev–Trinajstić information content (AvgIpc) is 2.39. The number of nitrogens with two attached hydrogens (primary N) is 1. The Kier molecular flexibility index (Phi) is 3.10. The van der Waals surface area contributed by atoms with Gasteiger partial charge in [0.2, 0.25) is 5.91 Å². The number of rotatable bonds is 3. The Morgan fingerprint density at radius 2 is 1.50 bits per heavy atom. The standard InChI is InChI=1S/C14H11NO3/c15-13(16)11-6-10(7-12(8-11)14(17)18)9-4-2-1-3-5-9/h1-8H,(H2,15,16)(H,17,18). The van der Waals surface area contributed by atoms with Crippen LogP contribution in [0.3, 0.4) is 0 Å². The highest BCUT2D eigenvalue weighted by molar-refractivity contribution is 5.98. The minimum Gasteiger partial charge on any atom is -0.478 e. The van der Waals surface area contributed by atoms with Crippen molar-refractivity contribution in [3.8, 4) is 11.1 Å². The van der Waals surface area contributed by atoms with Crippen LogP contribution in [0.15, 0.2) is 48.5 Å². The van der Waals surface area contributed by atoms with Gasteiger partial charge in [-0.05, 0) is 29.3 Å². The normalized spacial score (nSPS) is 10.0. The second-order valence-corrected chi connectivity index (χ2v) is 3.83. The van der Waals surface area contributed by atoms with Crippen molar-refractivity contribution in [2.24, 2.45) is 5.73 Å². The Labute approximate surface area is 104 Å². The first kappa shape index (κ1) is 11.9. The van der Waals surface area contributed by atoms with E-state index in [1.54, 1.807) is 6.07 Å². The Morgan fingerprint density at radius 3 is 2.06 bits per heavy atom. The molecular formula is C14H11NO3. The van der Waals surface area contributed by atoms with Gasteiger partial charge in [-0.15, -0.1) is 0 Å². The maximum absolute atomic E-state index is 11.2. The molecule has 0 aliphatic heterocycles. The highest BCUT2D eigenvalue weighted by Crippen LogP contribution is 2.22. The molecule has 0 heterocycles. The first-order valence-electron chi connectivity index (χ1n) is 5.31.